The van der Waals surface area contributed by atoms with Crippen molar-refractivity contribution in [2.45, 2.75) is 70.9 Å². The highest BCUT2D eigenvalue weighted by Crippen LogP contribution is 2.41. The number of benzene rings is 1. The lowest BCUT2D eigenvalue weighted by molar-refractivity contribution is 0.0263. The lowest BCUT2D eigenvalue weighted by Gasteiger charge is -2.34. The van der Waals surface area contributed by atoms with Crippen LogP contribution in [0.5, 0.6) is 0 Å². The van der Waals surface area contributed by atoms with E-state index < -0.39 is 0 Å². The van der Waals surface area contributed by atoms with E-state index in [2.05, 4.69) is 62.2 Å². The van der Waals surface area contributed by atoms with Crippen LogP contribution in [0.4, 0.5) is 0 Å². The van der Waals surface area contributed by atoms with Gasteiger partial charge in [0.15, 0.2) is 5.96 Å². The molecule has 1 aliphatic carbocycles. The summed E-state index contributed by atoms with van der Waals surface area (Å²) < 4.78 is 5.78. The summed E-state index contributed by atoms with van der Waals surface area (Å²) in [6.07, 6.45) is 3.83. The lowest BCUT2D eigenvalue weighted by atomic mass is 10.0. The second-order valence-corrected chi connectivity index (χ2v) is 7.85. The van der Waals surface area contributed by atoms with Gasteiger partial charge >= 0.3 is 0 Å². The highest BCUT2D eigenvalue weighted by molar-refractivity contribution is 5.81. The summed E-state index contributed by atoms with van der Waals surface area (Å²) in [4.78, 5) is 7.17. The number of hydrogen-bond donors (Lipinski definition) is 1. The van der Waals surface area contributed by atoms with Gasteiger partial charge in [-0.05, 0) is 50.2 Å². The molecule has 4 nitrogen and oxygen atoms in total. The number of piperidine rings is 1. The number of rotatable bonds is 6. The summed E-state index contributed by atoms with van der Waals surface area (Å²) in [5.41, 5.74) is 2.88. The van der Waals surface area contributed by atoms with Gasteiger partial charge < -0.3 is 15.0 Å². The predicted octanol–water partition coefficient (Wildman–Crippen LogP) is 4.13. The van der Waals surface area contributed by atoms with Crippen LogP contribution in [0.2, 0.25) is 0 Å². The Balaban J connectivity index is 1.54. The number of nitrogens with zero attached hydrogens (tertiary/aromatic N) is 2. The minimum atomic E-state index is 0.423. The van der Waals surface area contributed by atoms with E-state index in [0.29, 0.717) is 24.0 Å². The van der Waals surface area contributed by atoms with Gasteiger partial charge in [0, 0.05) is 38.2 Å². The molecule has 1 aromatic carbocycles. The van der Waals surface area contributed by atoms with Crippen molar-refractivity contribution in [3.63, 3.8) is 0 Å². The molecular weight excluding hydrogens is 322 g/mol. The maximum absolute atomic E-state index is 5.78. The molecule has 2 atom stereocenters. The van der Waals surface area contributed by atoms with Crippen LogP contribution < -0.4 is 5.32 Å². The zero-order valence-corrected chi connectivity index (χ0v) is 16.9. The van der Waals surface area contributed by atoms with Crippen molar-refractivity contribution in [3.8, 4) is 0 Å². The standard InChI is InChI=1S/C22H35N3O/c1-5-23-22(25-13-11-19(12-14-25)26-6-2)24-21-15-20(21)18-9-7-17(8-10-18)16(3)4/h7-10,16,19-21H,5-6,11-15H2,1-4H3,(H,23,24). The van der Waals surface area contributed by atoms with Crippen molar-refractivity contribution in [1.29, 1.82) is 0 Å². The summed E-state index contributed by atoms with van der Waals surface area (Å²) in [5, 5.41) is 3.73. The number of nitrogens with one attached hydrogen (secondary N) is 1. The Morgan fingerprint density at radius 2 is 1.88 bits per heavy atom. The number of likely N-dealkylation sites (tertiary alicyclic amines) is 1. The Kier molecular flexibility index (Phi) is 6.58. The normalized spacial score (nSPS) is 24.2. The van der Waals surface area contributed by atoms with Gasteiger partial charge in [-0.25, -0.2) is 0 Å². The van der Waals surface area contributed by atoms with Crippen LogP contribution in [0.15, 0.2) is 29.3 Å². The van der Waals surface area contributed by atoms with Crippen LogP contribution in [-0.2, 0) is 4.74 Å². The number of hydrogen-bond acceptors (Lipinski definition) is 2. The first-order chi connectivity index (χ1) is 12.6. The summed E-state index contributed by atoms with van der Waals surface area (Å²) in [6, 6.07) is 9.72. The predicted molar refractivity (Wildman–Crippen MR) is 109 cm³/mol. The van der Waals surface area contributed by atoms with Gasteiger partial charge in [0.25, 0.3) is 0 Å². The first-order valence-corrected chi connectivity index (χ1v) is 10.4. The van der Waals surface area contributed by atoms with Crippen LogP contribution in [-0.4, -0.2) is 49.2 Å². The molecule has 0 bridgehead atoms. The van der Waals surface area contributed by atoms with Crippen molar-refractivity contribution in [2.24, 2.45) is 4.99 Å². The summed E-state index contributed by atoms with van der Waals surface area (Å²) in [6.45, 7) is 12.4. The molecule has 2 aliphatic rings. The molecule has 26 heavy (non-hydrogen) atoms. The first-order valence-electron chi connectivity index (χ1n) is 10.4. The fraction of sp³-hybridized carbons (Fsp3) is 0.682. The monoisotopic (exact) mass is 357 g/mol. The molecule has 1 aliphatic heterocycles. The first kappa shape index (κ1) is 19.2. The van der Waals surface area contributed by atoms with Crippen LogP contribution >= 0.6 is 0 Å². The van der Waals surface area contributed by atoms with Crippen LogP contribution in [0.25, 0.3) is 0 Å². The molecule has 1 saturated heterocycles. The van der Waals surface area contributed by atoms with E-state index in [1.54, 1.807) is 0 Å². The van der Waals surface area contributed by atoms with Crippen molar-refractivity contribution in [2.75, 3.05) is 26.2 Å². The van der Waals surface area contributed by atoms with Gasteiger partial charge in [0.1, 0.15) is 0 Å². The molecule has 1 saturated carbocycles. The van der Waals surface area contributed by atoms with Gasteiger partial charge in [-0.2, -0.15) is 0 Å². The largest absolute Gasteiger partial charge is 0.378 e. The fourth-order valence-corrected chi connectivity index (χ4v) is 3.87. The maximum atomic E-state index is 5.78. The molecule has 0 amide bonds. The molecule has 2 fully saturated rings. The molecule has 0 aromatic heterocycles. The SMILES string of the molecule is CCN=C(NC1CC1c1ccc(C(C)C)cc1)N1CCC(OCC)CC1. The lowest BCUT2D eigenvalue weighted by Crippen LogP contribution is -2.48. The third-order valence-corrected chi connectivity index (χ3v) is 5.59. The molecule has 4 heteroatoms. The van der Waals surface area contributed by atoms with E-state index in [1.165, 1.54) is 17.5 Å². The van der Waals surface area contributed by atoms with Crippen molar-refractivity contribution < 1.29 is 4.74 Å². The van der Waals surface area contributed by atoms with Gasteiger partial charge in [-0.1, -0.05) is 38.1 Å². The molecule has 0 spiro atoms. The average molecular weight is 358 g/mol. The second kappa shape index (κ2) is 8.90. The van der Waals surface area contributed by atoms with Crippen molar-refractivity contribution in [3.05, 3.63) is 35.4 Å². The van der Waals surface area contributed by atoms with Gasteiger partial charge in [0.2, 0.25) is 0 Å². The number of guanidine groups is 1. The van der Waals surface area contributed by atoms with E-state index in [1.807, 2.05) is 0 Å². The number of aliphatic imine (C=N–C) groups is 1. The third-order valence-electron chi connectivity index (χ3n) is 5.59. The molecule has 1 heterocycles. The van der Waals surface area contributed by atoms with Crippen LogP contribution in [0, 0.1) is 0 Å². The fourth-order valence-electron chi connectivity index (χ4n) is 3.87. The molecule has 0 radical (unpaired) electrons. The topological polar surface area (TPSA) is 36.9 Å². The van der Waals surface area contributed by atoms with Crippen LogP contribution in [0.1, 0.15) is 69.9 Å². The summed E-state index contributed by atoms with van der Waals surface area (Å²) >= 11 is 0. The van der Waals surface area contributed by atoms with Crippen LogP contribution in [0.3, 0.4) is 0 Å². The van der Waals surface area contributed by atoms with Crippen molar-refractivity contribution >= 4 is 5.96 Å². The minimum Gasteiger partial charge on any atom is -0.378 e. The summed E-state index contributed by atoms with van der Waals surface area (Å²) in [7, 11) is 0. The minimum absolute atomic E-state index is 0.423. The molecule has 1 N–H and O–H groups in total. The van der Waals surface area contributed by atoms with Gasteiger partial charge in [-0.15, -0.1) is 0 Å². The molecule has 3 rings (SSSR count). The van der Waals surface area contributed by atoms with E-state index in [9.17, 15) is 0 Å². The maximum Gasteiger partial charge on any atom is 0.194 e. The Hall–Kier alpha value is -1.55. The molecular formula is C22H35N3O. The Labute approximate surface area is 159 Å². The van der Waals surface area contributed by atoms with E-state index >= 15 is 0 Å². The van der Waals surface area contributed by atoms with E-state index in [-0.39, 0.29) is 0 Å². The third kappa shape index (κ3) is 4.79. The molecule has 2 unspecified atom stereocenters. The highest BCUT2D eigenvalue weighted by Gasteiger charge is 2.39. The Morgan fingerprint density at radius 1 is 1.19 bits per heavy atom. The van der Waals surface area contributed by atoms with E-state index in [4.69, 9.17) is 9.73 Å². The van der Waals surface area contributed by atoms with E-state index in [0.717, 1.165) is 45.0 Å². The van der Waals surface area contributed by atoms with Crippen molar-refractivity contribution in [1.82, 2.24) is 10.2 Å². The zero-order valence-electron chi connectivity index (χ0n) is 16.9. The number of ether oxygens (including phenoxy) is 1. The zero-order chi connectivity index (χ0) is 18.5. The highest BCUT2D eigenvalue weighted by atomic mass is 16.5. The average Bonchev–Trinajstić information content (AvgIpc) is 3.42. The Bertz CT molecular complexity index is 588. The summed E-state index contributed by atoms with van der Waals surface area (Å²) in [5.74, 6) is 2.31. The molecule has 144 valence electrons. The molecule has 1 aromatic rings. The van der Waals surface area contributed by atoms with Gasteiger partial charge in [-0.3, -0.25) is 4.99 Å². The smallest absolute Gasteiger partial charge is 0.194 e. The Morgan fingerprint density at radius 3 is 2.46 bits per heavy atom. The second-order valence-electron chi connectivity index (χ2n) is 7.85. The van der Waals surface area contributed by atoms with Gasteiger partial charge in [0.05, 0.1) is 6.10 Å². The quantitative estimate of drug-likeness (QED) is 0.614.